The summed E-state index contributed by atoms with van der Waals surface area (Å²) >= 11 is 0. The molecule has 0 aliphatic rings. The lowest BCUT2D eigenvalue weighted by atomic mass is 9.85. The van der Waals surface area contributed by atoms with E-state index < -0.39 is 22.8 Å². The van der Waals surface area contributed by atoms with Gasteiger partial charge in [0.2, 0.25) is 0 Å². The van der Waals surface area contributed by atoms with Crippen LogP contribution in [0.5, 0.6) is 0 Å². The van der Waals surface area contributed by atoms with Gasteiger partial charge in [-0.3, -0.25) is 5.01 Å². The summed E-state index contributed by atoms with van der Waals surface area (Å²) in [6.07, 6.45) is 7.12. The lowest BCUT2D eigenvalue weighted by Crippen LogP contribution is -2.38. The summed E-state index contributed by atoms with van der Waals surface area (Å²) < 4.78 is 27.1. The fourth-order valence-corrected chi connectivity index (χ4v) is 2.79. The summed E-state index contributed by atoms with van der Waals surface area (Å²) in [5, 5.41) is 13.5. The molecular formula is C26H31F2N7. The molecular weight excluding hydrogens is 448 g/mol. The van der Waals surface area contributed by atoms with Gasteiger partial charge in [0.25, 0.3) is 0 Å². The van der Waals surface area contributed by atoms with E-state index in [0.717, 1.165) is 18.1 Å². The van der Waals surface area contributed by atoms with E-state index >= 15 is 0 Å². The van der Waals surface area contributed by atoms with E-state index in [1.807, 2.05) is 57.2 Å². The Labute approximate surface area is 205 Å². The van der Waals surface area contributed by atoms with Gasteiger partial charge < -0.3 is 11.6 Å². The fraction of sp³-hybridized carbons (Fsp3) is 0.192. The second-order valence-electron chi connectivity index (χ2n) is 7.85. The first-order valence-electron chi connectivity index (χ1n) is 10.5. The summed E-state index contributed by atoms with van der Waals surface area (Å²) in [4.78, 5) is 4.13. The van der Waals surface area contributed by atoms with E-state index in [-0.39, 0.29) is 17.2 Å². The second kappa shape index (κ2) is 12.8. The van der Waals surface area contributed by atoms with E-state index in [1.165, 1.54) is 0 Å². The molecule has 7 nitrogen and oxygen atoms in total. The monoisotopic (exact) mass is 479 g/mol. The first-order chi connectivity index (χ1) is 16.4. The second-order valence-corrected chi connectivity index (χ2v) is 7.85. The Hall–Kier alpha value is -4.29. The molecule has 1 aromatic carbocycles. The number of benzene rings is 1. The van der Waals surface area contributed by atoms with Gasteiger partial charge in [0.1, 0.15) is 11.6 Å². The third-order valence-corrected chi connectivity index (χ3v) is 4.90. The molecule has 0 aliphatic carbocycles. The van der Waals surface area contributed by atoms with Crippen molar-refractivity contribution < 1.29 is 8.78 Å². The van der Waals surface area contributed by atoms with Crippen molar-refractivity contribution in [3.8, 4) is 17.2 Å². The zero-order valence-electron chi connectivity index (χ0n) is 20.4. The number of nitrogens with zero attached hydrogens (tertiary/aromatic N) is 4. The maximum atomic E-state index is 13.9. The highest BCUT2D eigenvalue weighted by Crippen LogP contribution is 2.28. The van der Waals surface area contributed by atoms with E-state index in [9.17, 15) is 14.0 Å². The lowest BCUT2D eigenvalue weighted by molar-refractivity contribution is 0.472. The van der Waals surface area contributed by atoms with Gasteiger partial charge in [0.05, 0.1) is 22.7 Å². The minimum Gasteiger partial charge on any atom is -0.383 e. The van der Waals surface area contributed by atoms with E-state index in [1.54, 1.807) is 18.3 Å². The maximum absolute atomic E-state index is 13.9. The molecule has 184 valence electrons. The number of amidine groups is 1. The molecule has 6 N–H and O–H groups in total. The van der Waals surface area contributed by atoms with Gasteiger partial charge in [0.15, 0.2) is 11.7 Å². The zero-order chi connectivity index (χ0) is 26.8. The minimum atomic E-state index is -1.24. The van der Waals surface area contributed by atoms with Crippen molar-refractivity contribution in [1.29, 1.82) is 5.26 Å². The lowest BCUT2D eigenvalue weighted by Gasteiger charge is -2.22. The number of hydrogen-bond acceptors (Lipinski definition) is 6. The average molecular weight is 480 g/mol. The van der Waals surface area contributed by atoms with E-state index in [0.29, 0.717) is 10.6 Å². The molecule has 35 heavy (non-hydrogen) atoms. The SMILES string of the molecule is C=C(/C(F)=C(\C)F)N(N)/C(=N\N)c1cc(-c2ccc(C(C)(C)C#N)cc2)cnc1N.C=C/C=C\C. The summed E-state index contributed by atoms with van der Waals surface area (Å²) in [5.41, 5.74) is 7.34. The van der Waals surface area contributed by atoms with Crippen LogP contribution in [-0.2, 0) is 5.41 Å². The van der Waals surface area contributed by atoms with Gasteiger partial charge in [-0.05, 0) is 44.9 Å². The van der Waals surface area contributed by atoms with Crippen molar-refractivity contribution in [3.63, 3.8) is 0 Å². The Kier molecular flexibility index (Phi) is 10.5. The van der Waals surface area contributed by atoms with Crippen LogP contribution in [0.1, 0.15) is 38.8 Å². The maximum Gasteiger partial charge on any atom is 0.178 e. The zero-order valence-corrected chi connectivity index (χ0v) is 20.4. The number of nitrogen functional groups attached to an aromatic ring is 1. The summed E-state index contributed by atoms with van der Waals surface area (Å²) in [6, 6.07) is 11.2. The van der Waals surface area contributed by atoms with Crippen LogP contribution in [0.15, 0.2) is 90.4 Å². The van der Waals surface area contributed by atoms with E-state index in [4.69, 9.17) is 17.4 Å². The Balaban J connectivity index is 0.00000111. The van der Waals surface area contributed by atoms with Crippen molar-refractivity contribution in [3.05, 3.63) is 96.4 Å². The molecule has 0 fully saturated rings. The number of hydrazone groups is 1. The topological polar surface area (TPSA) is 130 Å². The number of hydrazine groups is 1. The molecule has 0 unspecified atom stereocenters. The van der Waals surface area contributed by atoms with Crippen LogP contribution in [0, 0.1) is 11.3 Å². The summed E-state index contributed by atoms with van der Waals surface area (Å²) in [7, 11) is 0. The van der Waals surface area contributed by atoms with Crippen molar-refractivity contribution in [2.24, 2.45) is 16.8 Å². The third kappa shape index (κ3) is 7.35. The third-order valence-electron chi connectivity index (χ3n) is 4.90. The first kappa shape index (κ1) is 28.7. The molecule has 1 heterocycles. The molecule has 9 heteroatoms. The van der Waals surface area contributed by atoms with E-state index in [2.05, 4.69) is 29.3 Å². The van der Waals surface area contributed by atoms with Crippen molar-refractivity contribution in [2.75, 3.05) is 5.73 Å². The quantitative estimate of drug-likeness (QED) is 0.168. The van der Waals surface area contributed by atoms with Gasteiger partial charge in [-0.1, -0.05) is 55.7 Å². The van der Waals surface area contributed by atoms with Crippen LogP contribution in [0.25, 0.3) is 11.1 Å². The van der Waals surface area contributed by atoms with Crippen molar-refractivity contribution >= 4 is 11.7 Å². The highest BCUT2D eigenvalue weighted by atomic mass is 19.2. The number of hydrogen-bond donors (Lipinski definition) is 3. The molecule has 0 amide bonds. The Morgan fingerprint density at radius 2 is 1.83 bits per heavy atom. The molecule has 0 atom stereocenters. The molecule has 0 bridgehead atoms. The van der Waals surface area contributed by atoms with Crippen molar-refractivity contribution in [1.82, 2.24) is 9.99 Å². The Bertz CT molecular complexity index is 1180. The van der Waals surface area contributed by atoms with Gasteiger partial charge in [-0.25, -0.2) is 19.6 Å². The van der Waals surface area contributed by atoms with Gasteiger partial charge in [-0.2, -0.15) is 10.4 Å². The van der Waals surface area contributed by atoms with Crippen LogP contribution in [0.4, 0.5) is 14.6 Å². The molecule has 0 radical (unpaired) electrons. The normalized spacial score (nSPS) is 12.2. The smallest absolute Gasteiger partial charge is 0.178 e. The van der Waals surface area contributed by atoms with Crippen LogP contribution in [0.2, 0.25) is 0 Å². The number of nitrogens with two attached hydrogens (primary N) is 3. The van der Waals surface area contributed by atoms with Crippen molar-refractivity contribution in [2.45, 2.75) is 33.1 Å². The van der Waals surface area contributed by atoms with Crippen LogP contribution >= 0.6 is 0 Å². The number of nitriles is 1. The minimum absolute atomic E-state index is 0.0368. The largest absolute Gasteiger partial charge is 0.383 e. The summed E-state index contributed by atoms with van der Waals surface area (Å²) in [6.45, 7) is 13.4. The number of rotatable bonds is 6. The standard InChI is InChI=1S/C21H23F2N7.C5H8/c1-12(22)18(23)13(2)30(27)20(29-26)17-9-15(10-28-19(17)25)14-5-7-16(8-6-14)21(3,4)11-24;1-3-5-4-2/h5-10H,2,26-27H2,1,3-4H3,(H2,25,28);3-5H,1H2,2H3/b18-12-,29-20-;5-4-. The molecule has 2 rings (SSSR count). The predicted octanol–water partition coefficient (Wildman–Crippen LogP) is 5.36. The first-order valence-corrected chi connectivity index (χ1v) is 10.5. The van der Waals surface area contributed by atoms with Crippen LogP contribution < -0.4 is 17.4 Å². The molecule has 0 saturated heterocycles. The van der Waals surface area contributed by atoms with Gasteiger partial charge >= 0.3 is 0 Å². The van der Waals surface area contributed by atoms with Crippen LogP contribution in [0.3, 0.4) is 0 Å². The number of allylic oxidation sites excluding steroid dienone is 5. The fourth-order valence-electron chi connectivity index (χ4n) is 2.79. The highest BCUT2D eigenvalue weighted by Gasteiger charge is 2.22. The summed E-state index contributed by atoms with van der Waals surface area (Å²) in [5.74, 6) is 8.85. The Morgan fingerprint density at radius 1 is 1.23 bits per heavy atom. The Morgan fingerprint density at radius 3 is 2.26 bits per heavy atom. The van der Waals surface area contributed by atoms with Crippen LogP contribution in [-0.4, -0.2) is 15.8 Å². The highest BCUT2D eigenvalue weighted by molar-refractivity contribution is 6.03. The number of anilines is 1. The number of pyridine rings is 1. The van der Waals surface area contributed by atoms with Gasteiger partial charge in [0, 0.05) is 11.8 Å². The molecule has 2 aromatic rings. The number of halogens is 2. The van der Waals surface area contributed by atoms with Gasteiger partial charge in [-0.15, -0.1) is 0 Å². The molecule has 0 saturated carbocycles. The average Bonchev–Trinajstić information content (AvgIpc) is 2.85. The number of aromatic nitrogens is 1. The predicted molar refractivity (Wildman–Crippen MR) is 139 cm³/mol. The molecule has 0 spiro atoms. The molecule has 1 aromatic heterocycles. The molecule has 0 aliphatic heterocycles.